The van der Waals surface area contributed by atoms with Gasteiger partial charge in [0, 0.05) is 17.8 Å². The van der Waals surface area contributed by atoms with Crippen LogP contribution in [0.2, 0.25) is 0 Å². The molecule has 2 unspecified atom stereocenters. The molecule has 0 saturated carbocycles. The monoisotopic (exact) mass is 354 g/mol. The van der Waals surface area contributed by atoms with E-state index in [4.69, 9.17) is 9.47 Å². The Morgan fingerprint density at radius 2 is 1.65 bits per heavy atom. The van der Waals surface area contributed by atoms with Gasteiger partial charge in [0.25, 0.3) is 0 Å². The number of carbonyl (C=O) groups is 1. The summed E-state index contributed by atoms with van der Waals surface area (Å²) >= 11 is 0. The van der Waals surface area contributed by atoms with Crippen molar-refractivity contribution in [1.29, 1.82) is 0 Å². The molecule has 2 aromatic carbocycles. The van der Waals surface area contributed by atoms with Crippen molar-refractivity contribution < 1.29 is 14.3 Å². The highest BCUT2D eigenvalue weighted by Gasteiger charge is 2.22. The van der Waals surface area contributed by atoms with Gasteiger partial charge in [-0.2, -0.15) is 0 Å². The van der Waals surface area contributed by atoms with Gasteiger partial charge in [-0.3, -0.25) is 10.1 Å². The first-order chi connectivity index (χ1) is 12.5. The van der Waals surface area contributed by atoms with Gasteiger partial charge in [-0.05, 0) is 30.5 Å². The minimum atomic E-state index is -0.337. The van der Waals surface area contributed by atoms with Gasteiger partial charge in [-0.15, -0.1) is 0 Å². The summed E-state index contributed by atoms with van der Waals surface area (Å²) in [5.74, 6) is 1.66. The summed E-state index contributed by atoms with van der Waals surface area (Å²) in [4.78, 5) is 12.6. The van der Waals surface area contributed by atoms with Gasteiger partial charge in [-0.1, -0.05) is 44.2 Å². The predicted molar refractivity (Wildman–Crippen MR) is 103 cm³/mol. The molecule has 0 spiro atoms. The highest BCUT2D eigenvalue weighted by atomic mass is 16.6. The van der Waals surface area contributed by atoms with Crippen LogP contribution in [0.15, 0.2) is 48.5 Å². The summed E-state index contributed by atoms with van der Waals surface area (Å²) in [5, 5.41) is 6.40. The van der Waals surface area contributed by atoms with Crippen molar-refractivity contribution in [3.8, 4) is 11.5 Å². The molecule has 2 aromatic rings. The Morgan fingerprint density at radius 3 is 2.35 bits per heavy atom. The molecule has 0 radical (unpaired) electrons. The number of fused-ring (bicyclic) bond motifs is 1. The summed E-state index contributed by atoms with van der Waals surface area (Å²) in [6, 6.07) is 15.4. The van der Waals surface area contributed by atoms with Gasteiger partial charge in [-0.25, -0.2) is 0 Å². The second-order valence-electron chi connectivity index (χ2n) is 6.87. The normalized spacial score (nSPS) is 15.4. The van der Waals surface area contributed by atoms with Crippen molar-refractivity contribution in [3.63, 3.8) is 0 Å². The van der Waals surface area contributed by atoms with Crippen molar-refractivity contribution in [1.82, 2.24) is 5.32 Å². The lowest BCUT2D eigenvalue weighted by Gasteiger charge is -2.26. The molecule has 3 rings (SSSR count). The second-order valence-corrected chi connectivity index (χ2v) is 6.87. The van der Waals surface area contributed by atoms with E-state index in [1.807, 2.05) is 37.3 Å². The van der Waals surface area contributed by atoms with Crippen molar-refractivity contribution >= 4 is 11.6 Å². The molecule has 1 aliphatic heterocycles. The fraction of sp³-hybridized carbons (Fsp3) is 0.381. The summed E-state index contributed by atoms with van der Waals surface area (Å²) < 4.78 is 11.1. The molecule has 0 aromatic heterocycles. The highest BCUT2D eigenvalue weighted by molar-refractivity contribution is 5.94. The fourth-order valence-corrected chi connectivity index (χ4v) is 3.05. The van der Waals surface area contributed by atoms with Crippen LogP contribution in [0.1, 0.15) is 32.4 Å². The van der Waals surface area contributed by atoms with Crippen molar-refractivity contribution in [2.75, 3.05) is 18.5 Å². The van der Waals surface area contributed by atoms with E-state index < -0.39 is 0 Å². The smallest absolute Gasteiger partial charge is 0.241 e. The van der Waals surface area contributed by atoms with Gasteiger partial charge in [0.05, 0.1) is 6.04 Å². The van der Waals surface area contributed by atoms with Crippen LogP contribution < -0.4 is 20.1 Å². The molecule has 1 amide bonds. The number of anilines is 1. The molecule has 5 nitrogen and oxygen atoms in total. The first-order valence-electron chi connectivity index (χ1n) is 9.06. The van der Waals surface area contributed by atoms with Crippen LogP contribution in [-0.4, -0.2) is 25.2 Å². The van der Waals surface area contributed by atoms with Gasteiger partial charge in [0.15, 0.2) is 11.5 Å². The molecule has 0 aliphatic carbocycles. The Kier molecular flexibility index (Phi) is 5.78. The third-order valence-corrected chi connectivity index (χ3v) is 4.46. The van der Waals surface area contributed by atoms with Crippen LogP contribution in [0.4, 0.5) is 5.69 Å². The average molecular weight is 354 g/mol. The zero-order valence-electron chi connectivity index (χ0n) is 15.5. The maximum Gasteiger partial charge on any atom is 0.241 e. The summed E-state index contributed by atoms with van der Waals surface area (Å²) in [5.41, 5.74) is 1.88. The molecule has 0 fully saturated rings. The first kappa shape index (κ1) is 18.3. The molecule has 1 aliphatic rings. The van der Waals surface area contributed by atoms with E-state index >= 15 is 0 Å². The van der Waals surface area contributed by atoms with E-state index in [2.05, 4.69) is 36.6 Å². The molecule has 0 bridgehead atoms. The Bertz CT molecular complexity index is 746. The Hall–Kier alpha value is -2.53. The van der Waals surface area contributed by atoms with Gasteiger partial charge in [0.1, 0.15) is 13.2 Å². The lowest BCUT2D eigenvalue weighted by atomic mass is 9.95. The van der Waals surface area contributed by atoms with Crippen molar-refractivity contribution in [3.05, 3.63) is 54.1 Å². The number of ether oxygens (including phenoxy) is 2. The Labute approximate surface area is 154 Å². The van der Waals surface area contributed by atoms with E-state index in [-0.39, 0.29) is 18.0 Å². The quantitative estimate of drug-likeness (QED) is 0.829. The lowest BCUT2D eigenvalue weighted by Crippen LogP contribution is -2.41. The van der Waals surface area contributed by atoms with E-state index in [0.29, 0.717) is 36.3 Å². The Morgan fingerprint density at radius 1 is 0.962 bits per heavy atom. The van der Waals surface area contributed by atoms with Crippen LogP contribution in [0.5, 0.6) is 11.5 Å². The zero-order chi connectivity index (χ0) is 18.5. The van der Waals surface area contributed by atoms with Crippen molar-refractivity contribution in [2.45, 2.75) is 32.9 Å². The first-order valence-corrected chi connectivity index (χ1v) is 9.06. The topological polar surface area (TPSA) is 59.6 Å². The SMILES string of the molecule is CC(NC(c1ccccc1)C(C)C)C(=O)Nc1ccc2c(c1)OCCO2. The number of nitrogens with one attached hydrogen (secondary N) is 2. The van der Waals surface area contributed by atoms with Gasteiger partial charge < -0.3 is 14.8 Å². The second kappa shape index (κ2) is 8.23. The number of amides is 1. The largest absolute Gasteiger partial charge is 0.486 e. The number of hydrogen-bond acceptors (Lipinski definition) is 4. The molecule has 2 atom stereocenters. The van der Waals surface area contributed by atoms with Gasteiger partial charge >= 0.3 is 0 Å². The summed E-state index contributed by atoms with van der Waals surface area (Å²) in [6.07, 6.45) is 0. The minimum Gasteiger partial charge on any atom is -0.486 e. The van der Waals surface area contributed by atoms with Gasteiger partial charge in [0.2, 0.25) is 5.91 Å². The zero-order valence-corrected chi connectivity index (χ0v) is 15.5. The van der Waals surface area contributed by atoms with Crippen LogP contribution in [0, 0.1) is 5.92 Å². The molecular weight excluding hydrogens is 328 g/mol. The molecule has 0 saturated heterocycles. The molecular formula is C21H26N2O3. The fourth-order valence-electron chi connectivity index (χ4n) is 3.05. The lowest BCUT2D eigenvalue weighted by molar-refractivity contribution is -0.118. The molecule has 1 heterocycles. The van der Waals surface area contributed by atoms with E-state index in [9.17, 15) is 4.79 Å². The standard InChI is InChI=1S/C21H26N2O3/c1-14(2)20(16-7-5-4-6-8-16)22-15(3)21(24)23-17-9-10-18-19(13-17)26-12-11-25-18/h4-10,13-15,20,22H,11-12H2,1-3H3,(H,23,24). The molecule has 26 heavy (non-hydrogen) atoms. The maximum absolute atomic E-state index is 12.6. The third kappa shape index (κ3) is 4.35. The number of benzene rings is 2. The number of carbonyl (C=O) groups excluding carboxylic acids is 1. The summed E-state index contributed by atoms with van der Waals surface area (Å²) in [7, 11) is 0. The number of hydrogen-bond donors (Lipinski definition) is 2. The van der Waals surface area contributed by atoms with E-state index in [1.165, 1.54) is 5.56 Å². The van der Waals surface area contributed by atoms with Crippen LogP contribution in [0.3, 0.4) is 0 Å². The van der Waals surface area contributed by atoms with E-state index in [0.717, 1.165) is 0 Å². The Balaban J connectivity index is 1.65. The average Bonchev–Trinajstić information content (AvgIpc) is 2.66. The number of rotatable bonds is 6. The van der Waals surface area contributed by atoms with Crippen molar-refractivity contribution in [2.24, 2.45) is 5.92 Å². The summed E-state index contributed by atoms with van der Waals surface area (Å²) in [6.45, 7) is 7.25. The predicted octanol–water partition coefficient (Wildman–Crippen LogP) is 3.77. The molecule has 2 N–H and O–H groups in total. The maximum atomic E-state index is 12.6. The molecule has 5 heteroatoms. The minimum absolute atomic E-state index is 0.0803. The third-order valence-electron chi connectivity index (χ3n) is 4.46. The van der Waals surface area contributed by atoms with E-state index in [1.54, 1.807) is 6.07 Å². The van der Waals surface area contributed by atoms with Crippen LogP contribution in [0.25, 0.3) is 0 Å². The van der Waals surface area contributed by atoms with Crippen LogP contribution >= 0.6 is 0 Å². The van der Waals surface area contributed by atoms with Crippen LogP contribution in [-0.2, 0) is 4.79 Å². The molecule has 138 valence electrons. The highest BCUT2D eigenvalue weighted by Crippen LogP contribution is 2.32.